The molecule has 0 fully saturated rings. The van der Waals surface area contributed by atoms with Gasteiger partial charge in [0, 0.05) is 32.4 Å². The standard InChI is InChI=1S/C18H24ClN3O2S/c1-21(2)15-11-9-14(10-12-15)17(22(3)4)13-20-25(23,24)18-8-6-5-7-16(18)19/h5-12,17,20H,13H2,1-4H3. The lowest BCUT2D eigenvalue weighted by Gasteiger charge is -2.26. The summed E-state index contributed by atoms with van der Waals surface area (Å²) >= 11 is 6.02. The molecule has 0 spiro atoms. The molecule has 0 heterocycles. The van der Waals surface area contributed by atoms with Crippen LogP contribution >= 0.6 is 11.6 Å². The smallest absolute Gasteiger partial charge is 0.242 e. The van der Waals surface area contributed by atoms with Crippen LogP contribution in [0.3, 0.4) is 0 Å². The number of hydrogen-bond donors (Lipinski definition) is 1. The van der Waals surface area contributed by atoms with Crippen LogP contribution in [-0.4, -0.2) is 48.1 Å². The van der Waals surface area contributed by atoms with Crippen molar-refractivity contribution in [1.82, 2.24) is 9.62 Å². The molecule has 5 nitrogen and oxygen atoms in total. The van der Waals surface area contributed by atoms with E-state index in [1.54, 1.807) is 18.2 Å². The van der Waals surface area contributed by atoms with E-state index in [0.29, 0.717) is 0 Å². The van der Waals surface area contributed by atoms with Gasteiger partial charge in [-0.05, 0) is 43.9 Å². The van der Waals surface area contributed by atoms with Gasteiger partial charge in [-0.3, -0.25) is 0 Å². The molecule has 0 aromatic heterocycles. The number of nitrogens with zero attached hydrogens (tertiary/aromatic N) is 2. The summed E-state index contributed by atoms with van der Waals surface area (Å²) in [5, 5.41) is 0.215. The first-order valence-corrected chi connectivity index (χ1v) is 9.76. The maximum absolute atomic E-state index is 12.5. The zero-order valence-corrected chi connectivity index (χ0v) is 16.5. The van der Waals surface area contributed by atoms with Crippen molar-refractivity contribution < 1.29 is 8.42 Å². The Morgan fingerprint density at radius 3 is 2.12 bits per heavy atom. The highest BCUT2D eigenvalue weighted by atomic mass is 35.5. The molecule has 0 aliphatic carbocycles. The van der Waals surface area contributed by atoms with Crippen molar-refractivity contribution in [3.8, 4) is 0 Å². The molecule has 2 rings (SSSR count). The first-order valence-electron chi connectivity index (χ1n) is 7.90. The van der Waals surface area contributed by atoms with Crippen LogP contribution in [-0.2, 0) is 10.0 Å². The second kappa shape index (κ2) is 8.19. The van der Waals surface area contributed by atoms with Gasteiger partial charge < -0.3 is 9.80 Å². The lowest BCUT2D eigenvalue weighted by molar-refractivity contribution is 0.299. The lowest BCUT2D eigenvalue weighted by atomic mass is 10.1. The molecular weight excluding hydrogens is 358 g/mol. The van der Waals surface area contributed by atoms with Crippen LogP contribution in [0.1, 0.15) is 11.6 Å². The van der Waals surface area contributed by atoms with E-state index < -0.39 is 10.0 Å². The molecule has 0 bridgehead atoms. The summed E-state index contributed by atoms with van der Waals surface area (Å²) in [5.74, 6) is 0. The third-order valence-corrected chi connectivity index (χ3v) is 5.93. The summed E-state index contributed by atoms with van der Waals surface area (Å²) in [5.41, 5.74) is 2.13. The van der Waals surface area contributed by atoms with E-state index in [-0.39, 0.29) is 22.5 Å². The molecule has 2 aromatic carbocycles. The summed E-state index contributed by atoms with van der Waals surface area (Å²) in [4.78, 5) is 4.10. The normalized spacial score (nSPS) is 13.0. The van der Waals surface area contributed by atoms with Crippen LogP contribution in [0.4, 0.5) is 5.69 Å². The minimum Gasteiger partial charge on any atom is -0.378 e. The minimum atomic E-state index is -3.67. The van der Waals surface area contributed by atoms with Crippen LogP contribution < -0.4 is 9.62 Å². The molecule has 0 aliphatic heterocycles. The highest BCUT2D eigenvalue weighted by molar-refractivity contribution is 7.89. The fraction of sp³-hybridized carbons (Fsp3) is 0.333. The van der Waals surface area contributed by atoms with Gasteiger partial charge in [0.1, 0.15) is 4.90 Å². The Balaban J connectivity index is 2.18. The number of sulfonamides is 1. The molecule has 0 saturated carbocycles. The molecule has 1 N–H and O–H groups in total. The highest BCUT2D eigenvalue weighted by Crippen LogP contribution is 2.23. The fourth-order valence-electron chi connectivity index (χ4n) is 2.52. The fourth-order valence-corrected chi connectivity index (χ4v) is 4.08. The van der Waals surface area contributed by atoms with E-state index in [0.717, 1.165) is 11.3 Å². The molecule has 0 aliphatic rings. The summed E-state index contributed by atoms with van der Waals surface area (Å²) in [6, 6.07) is 14.4. The third-order valence-electron chi connectivity index (χ3n) is 4.01. The van der Waals surface area contributed by atoms with E-state index in [4.69, 9.17) is 11.6 Å². The SMILES string of the molecule is CN(C)c1ccc(C(CNS(=O)(=O)c2ccccc2Cl)N(C)C)cc1. The van der Waals surface area contributed by atoms with E-state index >= 15 is 0 Å². The van der Waals surface area contributed by atoms with Crippen molar-refractivity contribution in [2.24, 2.45) is 0 Å². The first-order chi connectivity index (χ1) is 11.7. The lowest BCUT2D eigenvalue weighted by Crippen LogP contribution is -2.34. The Morgan fingerprint density at radius 1 is 1.00 bits per heavy atom. The van der Waals surface area contributed by atoms with Crippen LogP contribution in [0.2, 0.25) is 5.02 Å². The Kier molecular flexibility index (Phi) is 6.46. The summed E-state index contributed by atoms with van der Waals surface area (Å²) in [7, 11) is 4.15. The quantitative estimate of drug-likeness (QED) is 0.801. The Bertz CT molecular complexity index is 805. The van der Waals surface area contributed by atoms with Crippen LogP contribution in [0, 0.1) is 0 Å². The monoisotopic (exact) mass is 381 g/mol. The number of nitrogens with one attached hydrogen (secondary N) is 1. The number of benzene rings is 2. The zero-order valence-electron chi connectivity index (χ0n) is 14.9. The summed E-state index contributed by atoms with van der Waals surface area (Å²) < 4.78 is 27.7. The second-order valence-corrected chi connectivity index (χ2v) is 8.39. The Morgan fingerprint density at radius 2 is 1.60 bits per heavy atom. The molecule has 1 atom stereocenters. The van der Waals surface area contributed by atoms with Crippen molar-refractivity contribution in [2.75, 3.05) is 39.6 Å². The molecule has 7 heteroatoms. The van der Waals surface area contributed by atoms with Gasteiger partial charge >= 0.3 is 0 Å². The number of halogens is 1. The molecule has 25 heavy (non-hydrogen) atoms. The minimum absolute atomic E-state index is 0.0894. The molecule has 0 amide bonds. The van der Waals surface area contributed by atoms with Gasteiger partial charge in [0.05, 0.1) is 5.02 Å². The maximum Gasteiger partial charge on any atom is 0.242 e. The van der Waals surface area contributed by atoms with E-state index in [9.17, 15) is 8.42 Å². The molecule has 0 radical (unpaired) electrons. The Hall–Kier alpha value is -1.60. The van der Waals surface area contributed by atoms with E-state index in [1.807, 2.05) is 62.3 Å². The van der Waals surface area contributed by atoms with Crippen molar-refractivity contribution in [1.29, 1.82) is 0 Å². The van der Waals surface area contributed by atoms with Crippen LogP contribution in [0.25, 0.3) is 0 Å². The second-order valence-electron chi connectivity index (χ2n) is 6.25. The predicted octanol–water partition coefficient (Wildman–Crippen LogP) is 2.99. The van der Waals surface area contributed by atoms with Crippen molar-refractivity contribution in [3.63, 3.8) is 0 Å². The van der Waals surface area contributed by atoms with E-state index in [1.165, 1.54) is 6.07 Å². The largest absolute Gasteiger partial charge is 0.378 e. The molecule has 2 aromatic rings. The van der Waals surface area contributed by atoms with Gasteiger partial charge in [0.2, 0.25) is 10.0 Å². The first kappa shape index (κ1) is 19.7. The molecule has 1 unspecified atom stereocenters. The average Bonchev–Trinajstić information content (AvgIpc) is 2.55. The van der Waals surface area contributed by atoms with Crippen molar-refractivity contribution in [2.45, 2.75) is 10.9 Å². The maximum atomic E-state index is 12.5. The summed E-state index contributed by atoms with van der Waals surface area (Å²) in [6.07, 6.45) is 0. The van der Waals surface area contributed by atoms with Crippen molar-refractivity contribution in [3.05, 3.63) is 59.1 Å². The highest BCUT2D eigenvalue weighted by Gasteiger charge is 2.21. The third kappa shape index (κ3) is 4.95. The van der Waals surface area contributed by atoms with Gasteiger partial charge in [0.25, 0.3) is 0 Å². The van der Waals surface area contributed by atoms with Gasteiger partial charge in [-0.15, -0.1) is 0 Å². The topological polar surface area (TPSA) is 52.7 Å². The number of likely N-dealkylation sites (N-methyl/N-ethyl adjacent to an activating group) is 1. The summed E-state index contributed by atoms with van der Waals surface area (Å²) in [6.45, 7) is 0.252. The molecule has 136 valence electrons. The molecule has 0 saturated heterocycles. The predicted molar refractivity (Wildman–Crippen MR) is 104 cm³/mol. The molecular formula is C18H24ClN3O2S. The Labute approximate surface area is 155 Å². The van der Waals surface area contributed by atoms with E-state index in [2.05, 4.69) is 4.72 Å². The number of rotatable bonds is 7. The van der Waals surface area contributed by atoms with Gasteiger partial charge in [-0.1, -0.05) is 35.9 Å². The van der Waals surface area contributed by atoms with Gasteiger partial charge in [-0.2, -0.15) is 0 Å². The van der Waals surface area contributed by atoms with Gasteiger partial charge in [-0.25, -0.2) is 13.1 Å². The number of hydrogen-bond acceptors (Lipinski definition) is 4. The van der Waals surface area contributed by atoms with Gasteiger partial charge in [0.15, 0.2) is 0 Å². The van der Waals surface area contributed by atoms with Crippen molar-refractivity contribution >= 4 is 27.3 Å². The van der Waals surface area contributed by atoms with Crippen LogP contribution in [0.15, 0.2) is 53.4 Å². The zero-order chi connectivity index (χ0) is 18.6. The average molecular weight is 382 g/mol. The number of anilines is 1. The van der Waals surface area contributed by atoms with Crippen LogP contribution in [0.5, 0.6) is 0 Å².